The van der Waals surface area contributed by atoms with Gasteiger partial charge >= 0.3 is 69.5 Å². The van der Waals surface area contributed by atoms with E-state index >= 15 is 0 Å². The summed E-state index contributed by atoms with van der Waals surface area (Å²) in [6.07, 6.45) is -54.8. The molecule has 0 nitrogen and oxygen atoms in total. The van der Waals surface area contributed by atoms with Crippen molar-refractivity contribution in [1.82, 2.24) is 0 Å². The van der Waals surface area contributed by atoms with Crippen LogP contribution in [0.25, 0.3) is 0 Å². The van der Waals surface area contributed by atoms with Gasteiger partial charge in [-0.25, -0.2) is 0 Å². The third-order valence-corrected chi connectivity index (χ3v) is 17.3. The van der Waals surface area contributed by atoms with Crippen molar-refractivity contribution in [2.75, 3.05) is 20.0 Å². The molecule has 484 valence electrons. The van der Waals surface area contributed by atoms with E-state index in [2.05, 4.69) is 114 Å². The second-order valence-corrected chi connectivity index (χ2v) is 27.4. The first-order valence-corrected chi connectivity index (χ1v) is 29.5. The minimum absolute atomic E-state index is 0. The zero-order valence-corrected chi connectivity index (χ0v) is 52.6. The van der Waals surface area contributed by atoms with Crippen molar-refractivity contribution < 1.29 is 125 Å². The molecule has 0 fully saturated rings. The number of benzene rings is 5. The second kappa shape index (κ2) is 28.2. The van der Waals surface area contributed by atoms with E-state index in [1.165, 1.54) is 44.2 Å². The maximum atomic E-state index is 14.2. The average molecular weight is 1490 g/mol. The van der Waals surface area contributed by atoms with Gasteiger partial charge in [0.2, 0.25) is 0 Å². The summed E-state index contributed by atoms with van der Waals surface area (Å²) in [5.41, 5.74) is -18.8. The summed E-state index contributed by atoms with van der Waals surface area (Å²) in [5, 5.41) is 1.53. The summed E-state index contributed by atoms with van der Waals surface area (Å²) < 4.78 is 341. The van der Waals surface area contributed by atoms with Crippen molar-refractivity contribution in [2.45, 2.75) is 130 Å². The summed E-state index contributed by atoms with van der Waals surface area (Å²) in [7, 11) is 0.302. The minimum Gasteiger partial charge on any atom is -0.198 e. The van der Waals surface area contributed by atoms with Crippen LogP contribution in [0.3, 0.4) is 0 Å². The van der Waals surface area contributed by atoms with Crippen LogP contribution in [0.15, 0.2) is 91.0 Å². The normalized spacial score (nSPS) is 13.0. The van der Waals surface area contributed by atoms with Crippen LogP contribution in [-0.2, 0) is 69.5 Å². The molecule has 0 bridgehead atoms. The molecule has 0 aliphatic rings. The van der Waals surface area contributed by atoms with E-state index in [4.69, 9.17) is 0 Å². The fraction of sp³-hybridized carbons (Fsp3) is 0.390. The van der Waals surface area contributed by atoms with E-state index in [9.17, 15) is 105 Å². The van der Waals surface area contributed by atoms with E-state index in [0.29, 0.717) is 7.92 Å². The Balaban J connectivity index is 0.000000696. The molecule has 6 aromatic carbocycles. The third-order valence-electron chi connectivity index (χ3n) is 13.9. The molecule has 0 aromatic heterocycles. The van der Waals surface area contributed by atoms with Crippen molar-refractivity contribution in [3.05, 3.63) is 181 Å². The molecule has 0 amide bonds. The van der Waals surface area contributed by atoms with Crippen LogP contribution < -0.4 is 27.2 Å². The van der Waals surface area contributed by atoms with Gasteiger partial charge in [-0.3, -0.25) is 0 Å². The molecular weight excluding hydrogens is 1430 g/mol. The van der Waals surface area contributed by atoms with Gasteiger partial charge in [-0.15, -0.1) is 27.2 Å². The van der Waals surface area contributed by atoms with Crippen molar-refractivity contribution in [3.8, 4) is 0 Å². The first-order chi connectivity index (χ1) is 38.5. The largest absolute Gasteiger partial charge is 3.00 e. The standard InChI is InChI=1S/C32H12BF24.C14H22P.C10H15.C3H9P.Ir/c34-25(35,36)13-1-14(26(37,38)39)6-21(5-13)33(22-7-15(27(40,41)42)2-16(8-22)28(43,44)45,23-9-17(29(46,47)48)3-18(10-23)30(49,50)51)24-11-19(31(52,53)54)4-20(12-24)32(55,56)57;1-10(2)15(11(3)4)14-12(5)8-7-9-13(14)6;1-6-7(2)9(4)10(5)8(6)3;1-4(2)3;/h1-12H;7-11H,5H2,1-4,6H3;1-5H3;1-3H3;/q3*-1;;+3. The zero-order valence-electron chi connectivity index (χ0n) is 48.4. The Morgan fingerprint density at radius 3 is 0.713 bits per heavy atom. The Morgan fingerprint density at radius 2 is 0.575 bits per heavy atom. The van der Waals surface area contributed by atoms with Crippen LogP contribution in [0.2, 0.25) is 0 Å². The van der Waals surface area contributed by atoms with Crippen LogP contribution in [0.1, 0.15) is 111 Å². The van der Waals surface area contributed by atoms with E-state index in [1.807, 2.05) is 0 Å². The van der Waals surface area contributed by atoms with Crippen LogP contribution in [0.5, 0.6) is 0 Å². The predicted octanol–water partition coefficient (Wildman–Crippen LogP) is 19.6. The summed E-state index contributed by atoms with van der Waals surface area (Å²) in [4.78, 5) is 0. The maximum absolute atomic E-state index is 14.2. The number of alkyl halides is 24. The van der Waals surface area contributed by atoms with Gasteiger partial charge in [-0.2, -0.15) is 174 Å². The summed E-state index contributed by atoms with van der Waals surface area (Å²) in [6.45, 7) is 33.4. The van der Waals surface area contributed by atoms with Gasteiger partial charge < -0.3 is 0 Å². The molecule has 28 heteroatoms. The smallest absolute Gasteiger partial charge is 0.198 e. The Hall–Kier alpha value is -4.79. The number of halogens is 24. The first-order valence-electron chi connectivity index (χ1n) is 25.4. The second-order valence-electron chi connectivity index (χ2n) is 21.4. The quantitative estimate of drug-likeness (QED) is 0.0647. The Kier molecular flexibility index (Phi) is 25.4. The number of rotatable bonds is 7. The fourth-order valence-corrected chi connectivity index (χ4v) is 12.8. The van der Waals surface area contributed by atoms with E-state index in [0.717, 1.165) is 11.3 Å². The van der Waals surface area contributed by atoms with Gasteiger partial charge in [-0.1, -0.05) is 129 Å². The first kappa shape index (κ1) is 78.3. The Bertz CT molecular complexity index is 2750. The van der Waals surface area contributed by atoms with Crippen LogP contribution >= 0.6 is 15.8 Å². The molecular formula is C59H58BF24IrP2. The van der Waals surface area contributed by atoms with E-state index < -0.39 is 195 Å². The van der Waals surface area contributed by atoms with Gasteiger partial charge in [0.1, 0.15) is 6.15 Å². The number of aryl methyl sites for hydroxylation is 1. The average Bonchev–Trinajstić information content (AvgIpc) is 1.46. The molecule has 0 saturated carbocycles. The van der Waals surface area contributed by atoms with Crippen LogP contribution in [0.4, 0.5) is 105 Å². The molecule has 87 heavy (non-hydrogen) atoms. The van der Waals surface area contributed by atoms with Gasteiger partial charge in [0.05, 0.1) is 44.5 Å². The molecule has 6 aromatic rings. The monoisotopic (exact) mass is 1490 g/mol. The summed E-state index contributed by atoms with van der Waals surface area (Å²) in [6, 6.07) is -2.35. The van der Waals surface area contributed by atoms with Crippen LogP contribution in [-0.4, -0.2) is 37.5 Å². The van der Waals surface area contributed by atoms with Crippen molar-refractivity contribution in [2.24, 2.45) is 0 Å². The molecule has 0 atom stereocenters. The summed E-state index contributed by atoms with van der Waals surface area (Å²) in [5.74, 6) is 0. The molecule has 0 unspecified atom stereocenters. The van der Waals surface area contributed by atoms with Crippen molar-refractivity contribution >= 4 is 49.1 Å². The van der Waals surface area contributed by atoms with Crippen LogP contribution in [0, 0.1) is 48.5 Å². The molecule has 0 aliphatic carbocycles. The van der Waals surface area contributed by atoms with Gasteiger partial charge in [0, 0.05) is 0 Å². The molecule has 0 saturated heterocycles. The molecule has 0 radical (unpaired) electrons. The maximum Gasteiger partial charge on any atom is 3.00 e. The SMILES string of the molecule is CP(C)C.Cc1c(C)c(C)[c-](C)c1C.FC(F)(F)c1cc([B-](c2cc(C(F)(F)F)cc(C(F)(F)F)c2)(c2cc(C(F)(F)F)cc(C(F)(F)F)c2)c2cc(C(F)(F)F)cc(C(F)(F)F)c2)cc(C(F)(F)F)c1.[CH2-]c1cccc(C)c1P(C(C)C)C(C)C.[Ir+3]. The molecule has 0 N–H and O–H groups in total. The van der Waals surface area contributed by atoms with E-state index in [1.54, 1.807) is 0 Å². The van der Waals surface area contributed by atoms with Gasteiger partial charge in [0.15, 0.2) is 0 Å². The minimum atomic E-state index is -6.13. The molecule has 0 heterocycles. The van der Waals surface area contributed by atoms with Crippen molar-refractivity contribution in [1.29, 1.82) is 0 Å². The number of hydrogen-bond acceptors (Lipinski definition) is 0. The topological polar surface area (TPSA) is 0 Å². The van der Waals surface area contributed by atoms with Gasteiger partial charge in [-0.05, 0) is 55.6 Å². The van der Waals surface area contributed by atoms with Crippen molar-refractivity contribution in [3.63, 3.8) is 0 Å². The van der Waals surface area contributed by atoms with E-state index in [-0.39, 0.29) is 28.0 Å². The molecule has 0 spiro atoms. The molecule has 0 aliphatic heterocycles. The summed E-state index contributed by atoms with van der Waals surface area (Å²) >= 11 is 0. The Labute approximate surface area is 504 Å². The molecule has 6 rings (SSSR count). The fourth-order valence-electron chi connectivity index (χ4n) is 9.68. The van der Waals surface area contributed by atoms with Gasteiger partial charge in [0.25, 0.3) is 0 Å². The third kappa shape index (κ3) is 19.6. The predicted molar refractivity (Wildman–Crippen MR) is 293 cm³/mol. The zero-order chi connectivity index (χ0) is 67.0. The number of hydrogen-bond donors (Lipinski definition) is 0. The Morgan fingerprint density at radius 1 is 0.379 bits per heavy atom.